The lowest BCUT2D eigenvalue weighted by Crippen LogP contribution is -2.13. The number of hydrogen-bond acceptors (Lipinski definition) is 4. The van der Waals surface area contributed by atoms with Crippen LogP contribution in [0.2, 0.25) is 5.15 Å². The van der Waals surface area contributed by atoms with E-state index >= 15 is 0 Å². The van der Waals surface area contributed by atoms with Crippen LogP contribution in [0.1, 0.15) is 0 Å². The molecule has 1 N–H and O–H groups in total. The Bertz CT molecular complexity index is 661. The van der Waals surface area contributed by atoms with E-state index in [9.17, 15) is 8.42 Å². The van der Waals surface area contributed by atoms with Crippen LogP contribution >= 0.6 is 27.5 Å². The highest BCUT2D eigenvalue weighted by Gasteiger charge is 2.15. The third-order valence-electron chi connectivity index (χ3n) is 2.03. The first kappa shape index (κ1) is 13.3. The molecule has 2 aromatic heterocycles. The molecule has 94 valence electrons. The maximum atomic E-state index is 12.0. The summed E-state index contributed by atoms with van der Waals surface area (Å²) in [7, 11) is -3.68. The highest BCUT2D eigenvalue weighted by Crippen LogP contribution is 2.23. The van der Waals surface area contributed by atoms with Crippen LogP contribution in [0.15, 0.2) is 46.2 Å². The van der Waals surface area contributed by atoms with E-state index in [0.717, 1.165) is 0 Å². The molecule has 0 saturated carbocycles. The van der Waals surface area contributed by atoms with Crippen LogP contribution < -0.4 is 4.72 Å². The second kappa shape index (κ2) is 5.21. The number of nitrogens with one attached hydrogen (secondary N) is 1. The van der Waals surface area contributed by atoms with Crippen LogP contribution in [0.3, 0.4) is 0 Å². The summed E-state index contributed by atoms with van der Waals surface area (Å²) in [6.45, 7) is 0. The van der Waals surface area contributed by atoms with Crippen molar-refractivity contribution in [3.63, 3.8) is 0 Å². The molecule has 18 heavy (non-hydrogen) atoms. The number of halogens is 2. The van der Waals surface area contributed by atoms with E-state index in [-0.39, 0.29) is 10.0 Å². The highest BCUT2D eigenvalue weighted by atomic mass is 79.9. The highest BCUT2D eigenvalue weighted by molar-refractivity contribution is 9.10. The lowest BCUT2D eigenvalue weighted by molar-refractivity contribution is 0.601. The van der Waals surface area contributed by atoms with Gasteiger partial charge in [0.25, 0.3) is 10.0 Å². The maximum absolute atomic E-state index is 12.0. The Hall–Kier alpha value is -1.18. The zero-order chi connectivity index (χ0) is 13.2. The molecule has 0 bridgehead atoms. The van der Waals surface area contributed by atoms with Crippen molar-refractivity contribution in [1.82, 2.24) is 9.97 Å². The van der Waals surface area contributed by atoms with Crippen molar-refractivity contribution in [3.05, 3.63) is 46.4 Å². The van der Waals surface area contributed by atoms with E-state index in [1.165, 1.54) is 30.7 Å². The Morgan fingerprint density at radius 1 is 1.22 bits per heavy atom. The lowest BCUT2D eigenvalue weighted by atomic mass is 10.4. The third-order valence-corrected chi connectivity index (χ3v) is 4.23. The Labute approximate surface area is 117 Å². The molecule has 8 heteroatoms. The lowest BCUT2D eigenvalue weighted by Gasteiger charge is -2.08. The summed E-state index contributed by atoms with van der Waals surface area (Å²) in [5.41, 5.74) is 0.403. The minimum Gasteiger partial charge on any atom is -0.278 e. The second-order valence-electron chi connectivity index (χ2n) is 3.28. The number of anilines is 1. The van der Waals surface area contributed by atoms with Crippen molar-refractivity contribution in [2.75, 3.05) is 4.72 Å². The first-order chi connectivity index (χ1) is 8.49. The molecule has 0 unspecified atom stereocenters. The van der Waals surface area contributed by atoms with Gasteiger partial charge in [-0.05, 0) is 34.1 Å². The van der Waals surface area contributed by atoms with E-state index in [0.29, 0.717) is 10.2 Å². The van der Waals surface area contributed by atoms with Gasteiger partial charge in [0.15, 0.2) is 0 Å². The van der Waals surface area contributed by atoms with Crippen LogP contribution in [0.25, 0.3) is 0 Å². The number of rotatable bonds is 3. The molecule has 0 aromatic carbocycles. The smallest absolute Gasteiger partial charge is 0.263 e. The topological polar surface area (TPSA) is 72.0 Å². The van der Waals surface area contributed by atoms with Crippen molar-refractivity contribution < 1.29 is 8.42 Å². The summed E-state index contributed by atoms with van der Waals surface area (Å²) >= 11 is 8.81. The van der Waals surface area contributed by atoms with E-state index in [1.54, 1.807) is 6.07 Å². The van der Waals surface area contributed by atoms with Crippen LogP contribution in [0.4, 0.5) is 5.69 Å². The SMILES string of the molecule is O=S(=O)(Nc1ccncc1Br)c1ccc(Cl)nc1. The maximum Gasteiger partial charge on any atom is 0.263 e. The fourth-order valence-electron chi connectivity index (χ4n) is 1.18. The molecule has 0 radical (unpaired) electrons. The Morgan fingerprint density at radius 2 is 2.00 bits per heavy atom. The van der Waals surface area contributed by atoms with E-state index in [2.05, 4.69) is 30.6 Å². The molecular weight excluding hydrogens is 342 g/mol. The van der Waals surface area contributed by atoms with E-state index in [1.807, 2.05) is 0 Å². The van der Waals surface area contributed by atoms with Crippen molar-refractivity contribution in [3.8, 4) is 0 Å². The van der Waals surface area contributed by atoms with Crippen LogP contribution in [-0.4, -0.2) is 18.4 Å². The molecule has 0 aliphatic rings. The molecule has 2 aromatic rings. The standard InChI is InChI=1S/C10H7BrClN3O2S/c11-8-6-13-4-3-9(8)15-18(16,17)7-1-2-10(12)14-5-7/h1-6H,(H,13,15). The van der Waals surface area contributed by atoms with Gasteiger partial charge < -0.3 is 0 Å². The summed E-state index contributed by atoms with van der Waals surface area (Å²) in [4.78, 5) is 7.62. The van der Waals surface area contributed by atoms with Crippen molar-refractivity contribution in [2.24, 2.45) is 0 Å². The normalized spacial score (nSPS) is 11.2. The zero-order valence-corrected chi connectivity index (χ0v) is 12.0. The molecule has 0 fully saturated rings. The molecule has 0 spiro atoms. The quantitative estimate of drug-likeness (QED) is 0.866. The number of nitrogens with zero attached hydrogens (tertiary/aromatic N) is 2. The predicted molar refractivity (Wildman–Crippen MR) is 72.0 cm³/mol. The van der Waals surface area contributed by atoms with Gasteiger partial charge in [0.05, 0.1) is 10.2 Å². The largest absolute Gasteiger partial charge is 0.278 e. The Kier molecular flexibility index (Phi) is 3.84. The molecule has 0 atom stereocenters. The zero-order valence-electron chi connectivity index (χ0n) is 8.84. The van der Waals surface area contributed by atoms with Crippen LogP contribution in [-0.2, 0) is 10.0 Å². The average Bonchev–Trinajstić information content (AvgIpc) is 2.32. The molecule has 0 amide bonds. The van der Waals surface area contributed by atoms with Gasteiger partial charge in [0.2, 0.25) is 0 Å². The molecular formula is C10H7BrClN3O2S. The Balaban J connectivity index is 2.33. The van der Waals surface area contributed by atoms with Gasteiger partial charge in [0.1, 0.15) is 10.0 Å². The van der Waals surface area contributed by atoms with Gasteiger partial charge in [-0.25, -0.2) is 13.4 Å². The predicted octanol–water partition coefficient (Wildman–Crippen LogP) is 2.69. The summed E-state index contributed by atoms with van der Waals surface area (Å²) < 4.78 is 27.0. The fourth-order valence-corrected chi connectivity index (χ4v) is 2.80. The molecule has 2 heterocycles. The van der Waals surface area contributed by atoms with Crippen molar-refractivity contribution in [1.29, 1.82) is 0 Å². The monoisotopic (exact) mass is 347 g/mol. The molecule has 0 saturated heterocycles. The Morgan fingerprint density at radius 3 is 2.61 bits per heavy atom. The molecule has 0 aliphatic heterocycles. The van der Waals surface area contributed by atoms with Gasteiger partial charge in [-0.1, -0.05) is 11.6 Å². The van der Waals surface area contributed by atoms with E-state index in [4.69, 9.17) is 11.6 Å². The summed E-state index contributed by atoms with van der Waals surface area (Å²) in [6, 6.07) is 4.34. The number of sulfonamides is 1. The third kappa shape index (κ3) is 2.98. The van der Waals surface area contributed by atoms with Crippen molar-refractivity contribution >= 4 is 43.2 Å². The van der Waals surface area contributed by atoms with E-state index < -0.39 is 10.0 Å². The van der Waals surface area contributed by atoms with Gasteiger partial charge in [-0.15, -0.1) is 0 Å². The van der Waals surface area contributed by atoms with Crippen LogP contribution in [0, 0.1) is 0 Å². The molecule has 2 rings (SSSR count). The van der Waals surface area contributed by atoms with Gasteiger partial charge in [-0.3, -0.25) is 9.71 Å². The fraction of sp³-hybridized carbons (Fsp3) is 0. The summed E-state index contributed by atoms with van der Waals surface area (Å²) in [6.07, 6.45) is 4.18. The average molecular weight is 349 g/mol. The minimum absolute atomic E-state index is 0.0376. The first-order valence-corrected chi connectivity index (χ1v) is 7.38. The van der Waals surface area contributed by atoms with Gasteiger partial charge in [0, 0.05) is 18.6 Å². The summed E-state index contributed by atoms with van der Waals surface area (Å²) in [5, 5.41) is 0.235. The van der Waals surface area contributed by atoms with Gasteiger partial charge in [-0.2, -0.15) is 0 Å². The molecule has 0 aliphatic carbocycles. The van der Waals surface area contributed by atoms with Crippen molar-refractivity contribution in [2.45, 2.75) is 4.90 Å². The minimum atomic E-state index is -3.68. The van der Waals surface area contributed by atoms with Gasteiger partial charge >= 0.3 is 0 Å². The molecule has 5 nitrogen and oxygen atoms in total. The number of aromatic nitrogens is 2. The summed E-state index contributed by atoms with van der Waals surface area (Å²) in [5.74, 6) is 0. The van der Waals surface area contributed by atoms with Crippen LogP contribution in [0.5, 0.6) is 0 Å². The first-order valence-electron chi connectivity index (χ1n) is 4.73. The number of hydrogen-bond donors (Lipinski definition) is 1. The number of pyridine rings is 2. The second-order valence-corrected chi connectivity index (χ2v) is 6.20.